The van der Waals surface area contributed by atoms with Crippen LogP contribution in [0.5, 0.6) is 0 Å². The maximum atomic E-state index is 13.5. The van der Waals surface area contributed by atoms with Gasteiger partial charge in [0.2, 0.25) is 5.91 Å². The molecule has 0 aromatic heterocycles. The molecule has 1 heterocycles. The molecule has 1 amide bonds. The summed E-state index contributed by atoms with van der Waals surface area (Å²) in [4.78, 5) is 26.8. The van der Waals surface area contributed by atoms with Crippen molar-refractivity contribution in [1.82, 2.24) is 5.32 Å². The first-order valence-electron chi connectivity index (χ1n) is 39.7. The van der Waals surface area contributed by atoms with Crippen LogP contribution in [0.3, 0.4) is 0 Å². The van der Waals surface area contributed by atoms with Gasteiger partial charge in [-0.05, 0) is 109 Å². The second kappa shape index (κ2) is 70.2. The highest BCUT2D eigenvalue weighted by Gasteiger charge is 2.47. The van der Waals surface area contributed by atoms with Crippen LogP contribution in [0, 0.1) is 0 Å². The van der Waals surface area contributed by atoms with Gasteiger partial charge in [0.1, 0.15) is 24.4 Å². The number of carbonyl (C=O) groups excluding carboxylic acids is 2. The van der Waals surface area contributed by atoms with E-state index in [0.29, 0.717) is 12.8 Å². The van der Waals surface area contributed by atoms with Gasteiger partial charge in [0, 0.05) is 6.42 Å². The van der Waals surface area contributed by atoms with Crippen LogP contribution in [-0.4, -0.2) is 99.6 Å². The molecule has 8 atom stereocenters. The molecule has 1 aliphatic heterocycles. The van der Waals surface area contributed by atoms with Gasteiger partial charge in [-0.1, -0.05) is 342 Å². The van der Waals surface area contributed by atoms with Crippen molar-refractivity contribution in [1.29, 1.82) is 0 Å². The number of aliphatic hydroxyl groups is 5. The van der Waals surface area contributed by atoms with Gasteiger partial charge in [-0.3, -0.25) is 9.59 Å². The molecule has 1 rings (SSSR count). The summed E-state index contributed by atoms with van der Waals surface area (Å²) < 4.78 is 17.8. The van der Waals surface area contributed by atoms with Gasteiger partial charge in [-0.25, -0.2) is 0 Å². The molecule has 0 bridgehead atoms. The molecule has 1 saturated heterocycles. The number of rotatable bonds is 68. The van der Waals surface area contributed by atoms with E-state index in [0.717, 1.165) is 122 Å². The Morgan fingerprint density at radius 2 is 0.758 bits per heavy atom. The first-order chi connectivity index (χ1) is 46.7. The number of hydrogen-bond donors (Lipinski definition) is 6. The number of unbranched alkanes of at least 4 members (excludes halogenated alkanes) is 38. The average molecular weight is 1330 g/mol. The molecule has 0 saturated carbocycles. The van der Waals surface area contributed by atoms with Gasteiger partial charge in [0.15, 0.2) is 12.4 Å². The van der Waals surface area contributed by atoms with Gasteiger partial charge >= 0.3 is 5.97 Å². The minimum atomic E-state index is -1.62. The van der Waals surface area contributed by atoms with Crippen LogP contribution in [0.1, 0.15) is 348 Å². The Kier molecular flexibility index (Phi) is 66.0. The van der Waals surface area contributed by atoms with Crippen LogP contribution in [0.15, 0.2) is 109 Å². The number of ether oxygens (including phenoxy) is 3. The van der Waals surface area contributed by atoms with Gasteiger partial charge in [0.05, 0.1) is 25.4 Å². The molecule has 0 radical (unpaired) electrons. The van der Waals surface area contributed by atoms with Crippen LogP contribution in [-0.2, 0) is 23.8 Å². The fourth-order valence-corrected chi connectivity index (χ4v) is 12.0. The Morgan fingerprint density at radius 3 is 1.16 bits per heavy atom. The van der Waals surface area contributed by atoms with Gasteiger partial charge in [-0.2, -0.15) is 0 Å². The van der Waals surface area contributed by atoms with E-state index in [1.54, 1.807) is 6.08 Å². The van der Waals surface area contributed by atoms with E-state index in [1.807, 2.05) is 6.08 Å². The standard InChI is InChI=1S/C84H147NO10/c1-4-7-10-13-16-19-22-25-27-29-31-33-35-37-39-41-43-45-47-49-51-54-57-60-63-66-69-72-79(89)95-82-81(91)80(90)78(73-86)94-84(82)93-74-75(76(87)70-67-64-61-58-55-52-24-21-18-15-12-9-6-3)85-83(92)77(88)71-68-65-62-59-56-53-50-48-46-44-42-40-38-36-34-32-30-28-26-23-20-17-14-11-8-5-2/h8,11,16-17,19-20,25-28,32,34,38,40,44,46,67,70,75-78,80-82,84,86-88,90-91H,4-7,9-10,12-15,18,21-24,29-31,33,35-37,39,41-43,45,47-66,68-69,71-74H2,1-3H3,(H,85,92)/b11-8-,19-16-,20-17-,27-25-,28-26-,34-32-,40-38-,46-44-,70-67+. The molecular weight excluding hydrogens is 1180 g/mol. The summed E-state index contributed by atoms with van der Waals surface area (Å²) in [5.41, 5.74) is 0. The van der Waals surface area contributed by atoms with Crippen LogP contribution in [0.25, 0.3) is 0 Å². The van der Waals surface area contributed by atoms with Gasteiger partial charge in [0.25, 0.3) is 0 Å². The molecule has 95 heavy (non-hydrogen) atoms. The van der Waals surface area contributed by atoms with Gasteiger partial charge in [-0.15, -0.1) is 0 Å². The zero-order chi connectivity index (χ0) is 68.8. The van der Waals surface area contributed by atoms with Crippen molar-refractivity contribution < 1.29 is 49.3 Å². The summed E-state index contributed by atoms with van der Waals surface area (Å²) >= 11 is 0. The third-order valence-corrected chi connectivity index (χ3v) is 18.2. The lowest BCUT2D eigenvalue weighted by atomic mass is 9.99. The number of aliphatic hydroxyl groups excluding tert-OH is 5. The van der Waals surface area contributed by atoms with E-state index in [2.05, 4.69) is 123 Å². The Morgan fingerprint density at radius 1 is 0.421 bits per heavy atom. The van der Waals surface area contributed by atoms with Crippen molar-refractivity contribution in [2.45, 2.75) is 397 Å². The quantitative estimate of drug-likeness (QED) is 0.0195. The lowest BCUT2D eigenvalue weighted by Gasteiger charge is -2.41. The highest BCUT2D eigenvalue weighted by molar-refractivity contribution is 5.80. The molecule has 548 valence electrons. The Labute approximate surface area is 583 Å². The first-order valence-corrected chi connectivity index (χ1v) is 39.7. The summed E-state index contributed by atoms with van der Waals surface area (Å²) in [5, 5.41) is 57.5. The predicted octanol–water partition coefficient (Wildman–Crippen LogP) is 21.5. The number of esters is 1. The second-order valence-electron chi connectivity index (χ2n) is 27.1. The fourth-order valence-electron chi connectivity index (χ4n) is 12.0. The number of nitrogens with one attached hydrogen (secondary N) is 1. The van der Waals surface area contributed by atoms with Gasteiger partial charge < -0.3 is 45.1 Å². The Bertz CT molecular complexity index is 1970. The summed E-state index contributed by atoms with van der Waals surface area (Å²) in [5.74, 6) is -1.20. The van der Waals surface area contributed by atoms with Crippen molar-refractivity contribution in [2.75, 3.05) is 13.2 Å². The normalized spacial score (nSPS) is 18.3. The van der Waals surface area contributed by atoms with Crippen molar-refractivity contribution in [2.24, 2.45) is 0 Å². The Hall–Kier alpha value is -3.68. The van der Waals surface area contributed by atoms with E-state index in [1.165, 1.54) is 180 Å². The molecule has 0 spiro atoms. The largest absolute Gasteiger partial charge is 0.454 e. The van der Waals surface area contributed by atoms with Crippen molar-refractivity contribution in [3.05, 3.63) is 109 Å². The van der Waals surface area contributed by atoms with Crippen molar-refractivity contribution >= 4 is 11.9 Å². The number of amides is 1. The fraction of sp³-hybridized carbons (Fsp3) is 0.762. The SMILES string of the molecule is CC/C=C\C/C=C\C/C=C\C/C=C\C/C=C\C/C=C\CCCCCCCCCC(O)C(=O)NC(COC1OC(CO)C(O)C(O)C1OC(=O)CCCCCCCCCCCCCCCCCCC/C=C\C/C=C\CCCCC)C(O)/C=C/CCCCCCCCCCCCC. The summed E-state index contributed by atoms with van der Waals surface area (Å²) in [6, 6.07) is -1.04. The third-order valence-electron chi connectivity index (χ3n) is 18.2. The summed E-state index contributed by atoms with van der Waals surface area (Å²) in [6.45, 7) is 5.69. The lowest BCUT2D eigenvalue weighted by Crippen LogP contribution is -2.61. The Balaban J connectivity index is 2.53. The van der Waals surface area contributed by atoms with E-state index in [9.17, 15) is 35.1 Å². The van der Waals surface area contributed by atoms with Crippen LogP contribution >= 0.6 is 0 Å². The monoisotopic (exact) mass is 1330 g/mol. The van der Waals surface area contributed by atoms with Crippen LogP contribution in [0.4, 0.5) is 0 Å². The molecule has 0 aromatic carbocycles. The van der Waals surface area contributed by atoms with Crippen molar-refractivity contribution in [3.63, 3.8) is 0 Å². The van der Waals surface area contributed by atoms with Crippen LogP contribution < -0.4 is 5.32 Å². The first kappa shape index (κ1) is 89.3. The number of allylic oxidation sites excluding steroid dienone is 17. The van der Waals surface area contributed by atoms with E-state index < -0.39 is 67.4 Å². The second-order valence-corrected chi connectivity index (χ2v) is 27.1. The molecule has 8 unspecified atom stereocenters. The molecule has 6 N–H and O–H groups in total. The molecule has 1 fully saturated rings. The minimum Gasteiger partial charge on any atom is -0.454 e. The zero-order valence-electron chi connectivity index (χ0n) is 61.3. The predicted molar refractivity (Wildman–Crippen MR) is 402 cm³/mol. The molecule has 0 aromatic rings. The maximum absolute atomic E-state index is 13.5. The molecule has 11 nitrogen and oxygen atoms in total. The lowest BCUT2D eigenvalue weighted by molar-refractivity contribution is -0.305. The average Bonchev–Trinajstić information content (AvgIpc) is 0.829. The molecule has 0 aliphatic carbocycles. The topological polar surface area (TPSA) is 175 Å². The summed E-state index contributed by atoms with van der Waals surface area (Å²) in [7, 11) is 0. The number of carbonyl (C=O) groups is 2. The molecule has 11 heteroatoms. The zero-order valence-corrected chi connectivity index (χ0v) is 61.3. The van der Waals surface area contributed by atoms with E-state index in [-0.39, 0.29) is 19.4 Å². The van der Waals surface area contributed by atoms with E-state index >= 15 is 0 Å². The highest BCUT2D eigenvalue weighted by atomic mass is 16.7. The molecule has 1 aliphatic rings. The third kappa shape index (κ3) is 56.9. The summed E-state index contributed by atoms with van der Waals surface area (Å²) in [6.07, 6.45) is 87.0. The minimum absolute atomic E-state index is 0.121. The smallest absolute Gasteiger partial charge is 0.306 e. The van der Waals surface area contributed by atoms with E-state index in [4.69, 9.17) is 14.2 Å². The van der Waals surface area contributed by atoms with Crippen molar-refractivity contribution in [3.8, 4) is 0 Å². The highest BCUT2D eigenvalue weighted by Crippen LogP contribution is 2.27. The maximum Gasteiger partial charge on any atom is 0.306 e. The number of hydrogen-bond acceptors (Lipinski definition) is 10. The van der Waals surface area contributed by atoms with Crippen LogP contribution in [0.2, 0.25) is 0 Å². The molecular formula is C84H147NO10.